The summed E-state index contributed by atoms with van der Waals surface area (Å²) in [5, 5.41) is 0. The van der Waals surface area contributed by atoms with Crippen molar-refractivity contribution in [2.24, 2.45) is 0 Å². The van der Waals surface area contributed by atoms with Gasteiger partial charge in [-0.25, -0.2) is 14.4 Å². The third-order valence-corrected chi connectivity index (χ3v) is 4.64. The molecule has 2 aromatic rings. The number of hydrogen-bond donors (Lipinski definition) is 0. The van der Waals surface area contributed by atoms with Gasteiger partial charge < -0.3 is 9.80 Å². The van der Waals surface area contributed by atoms with Gasteiger partial charge in [0.25, 0.3) is 0 Å². The van der Waals surface area contributed by atoms with Gasteiger partial charge in [-0.2, -0.15) is 0 Å². The normalized spacial score (nSPS) is 14.8. The van der Waals surface area contributed by atoms with E-state index in [0.717, 1.165) is 18.0 Å². The second-order valence-corrected chi connectivity index (χ2v) is 6.21. The highest BCUT2D eigenvalue weighted by Crippen LogP contribution is 2.19. The molecule has 0 aliphatic carbocycles. The van der Waals surface area contributed by atoms with Crippen molar-refractivity contribution in [1.82, 2.24) is 14.9 Å². The van der Waals surface area contributed by atoms with Crippen LogP contribution in [0.1, 0.15) is 0 Å². The maximum Gasteiger partial charge on any atom is 0.233 e. The van der Waals surface area contributed by atoms with Gasteiger partial charge in [0.15, 0.2) is 0 Å². The second-order valence-electron chi connectivity index (χ2n) is 5.16. The summed E-state index contributed by atoms with van der Waals surface area (Å²) in [5.41, 5.74) is 0. The van der Waals surface area contributed by atoms with E-state index in [1.165, 1.54) is 23.9 Å². The molecule has 0 spiro atoms. The first-order valence-electron chi connectivity index (χ1n) is 7.40. The van der Waals surface area contributed by atoms with Crippen LogP contribution in [0.4, 0.5) is 10.3 Å². The molecular weight excluding hydrogens is 315 g/mol. The monoisotopic (exact) mass is 332 g/mol. The molecule has 1 aliphatic rings. The third kappa shape index (κ3) is 4.19. The highest BCUT2D eigenvalue weighted by atomic mass is 32.2. The van der Waals surface area contributed by atoms with E-state index < -0.39 is 0 Å². The number of rotatable bonds is 4. The van der Waals surface area contributed by atoms with Crippen molar-refractivity contribution in [1.29, 1.82) is 0 Å². The number of piperazine rings is 1. The molecule has 1 fully saturated rings. The summed E-state index contributed by atoms with van der Waals surface area (Å²) >= 11 is 1.43. The van der Waals surface area contributed by atoms with Gasteiger partial charge in [0, 0.05) is 43.5 Å². The molecule has 1 saturated heterocycles. The van der Waals surface area contributed by atoms with Gasteiger partial charge in [-0.05, 0) is 30.3 Å². The van der Waals surface area contributed by atoms with Crippen molar-refractivity contribution >= 4 is 23.6 Å². The first-order valence-corrected chi connectivity index (χ1v) is 8.39. The SMILES string of the molecule is O=C(CSc1ccc(F)cc1)N1CCN(c2ncccn2)CC1. The molecule has 0 unspecified atom stereocenters. The zero-order chi connectivity index (χ0) is 16.1. The molecule has 0 saturated carbocycles. The minimum absolute atomic E-state index is 0.105. The number of halogens is 1. The first kappa shape index (κ1) is 15.7. The molecule has 0 N–H and O–H groups in total. The highest BCUT2D eigenvalue weighted by molar-refractivity contribution is 8.00. The summed E-state index contributed by atoms with van der Waals surface area (Å²) in [4.78, 5) is 25.6. The first-order chi connectivity index (χ1) is 11.2. The van der Waals surface area contributed by atoms with Gasteiger partial charge in [0.1, 0.15) is 5.82 Å². The Hall–Kier alpha value is -2.15. The van der Waals surface area contributed by atoms with Crippen molar-refractivity contribution in [3.05, 3.63) is 48.5 Å². The highest BCUT2D eigenvalue weighted by Gasteiger charge is 2.22. The van der Waals surface area contributed by atoms with Crippen LogP contribution in [0.5, 0.6) is 0 Å². The predicted molar refractivity (Wildman–Crippen MR) is 87.9 cm³/mol. The maximum absolute atomic E-state index is 12.9. The van der Waals surface area contributed by atoms with Gasteiger partial charge in [-0.3, -0.25) is 4.79 Å². The van der Waals surface area contributed by atoms with Crippen LogP contribution in [-0.2, 0) is 4.79 Å². The average Bonchev–Trinajstić information content (AvgIpc) is 2.62. The van der Waals surface area contributed by atoms with Crippen LogP contribution >= 0.6 is 11.8 Å². The fourth-order valence-corrected chi connectivity index (χ4v) is 3.18. The zero-order valence-electron chi connectivity index (χ0n) is 12.6. The van der Waals surface area contributed by atoms with E-state index in [0.29, 0.717) is 24.8 Å². The third-order valence-electron chi connectivity index (χ3n) is 3.64. The number of aromatic nitrogens is 2. The summed E-state index contributed by atoms with van der Waals surface area (Å²) in [6, 6.07) is 7.99. The predicted octanol–water partition coefficient (Wildman–Crippen LogP) is 2.06. The lowest BCUT2D eigenvalue weighted by molar-refractivity contribution is -0.128. The molecular formula is C16H17FN4OS. The summed E-state index contributed by atoms with van der Waals surface area (Å²) < 4.78 is 12.9. The summed E-state index contributed by atoms with van der Waals surface area (Å²) in [6.07, 6.45) is 3.44. The molecule has 1 aromatic carbocycles. The molecule has 0 atom stereocenters. The molecule has 5 nitrogen and oxygen atoms in total. The summed E-state index contributed by atoms with van der Waals surface area (Å²) in [5.74, 6) is 0.918. The van der Waals surface area contributed by atoms with Gasteiger partial charge in [0.2, 0.25) is 11.9 Å². The fraction of sp³-hybridized carbons (Fsp3) is 0.312. The van der Waals surface area contributed by atoms with Gasteiger partial charge in [-0.1, -0.05) is 0 Å². The van der Waals surface area contributed by atoms with E-state index in [-0.39, 0.29) is 11.7 Å². The van der Waals surface area contributed by atoms with Crippen molar-refractivity contribution in [2.75, 3.05) is 36.8 Å². The van der Waals surface area contributed by atoms with Crippen LogP contribution < -0.4 is 4.90 Å². The van der Waals surface area contributed by atoms with Crippen molar-refractivity contribution in [3.8, 4) is 0 Å². The molecule has 23 heavy (non-hydrogen) atoms. The number of hydrogen-bond acceptors (Lipinski definition) is 5. The maximum atomic E-state index is 12.9. The number of nitrogens with zero attached hydrogens (tertiary/aromatic N) is 4. The fourth-order valence-electron chi connectivity index (χ4n) is 2.38. The van der Waals surface area contributed by atoms with Crippen molar-refractivity contribution in [3.63, 3.8) is 0 Å². The molecule has 120 valence electrons. The Morgan fingerprint density at radius 3 is 2.39 bits per heavy atom. The van der Waals surface area contributed by atoms with Gasteiger partial charge >= 0.3 is 0 Å². The van der Waals surface area contributed by atoms with E-state index in [1.807, 2.05) is 4.90 Å². The summed E-state index contributed by atoms with van der Waals surface area (Å²) in [7, 11) is 0. The number of carbonyl (C=O) groups is 1. The smallest absolute Gasteiger partial charge is 0.233 e. The largest absolute Gasteiger partial charge is 0.338 e. The van der Waals surface area contributed by atoms with Crippen LogP contribution in [-0.4, -0.2) is 52.7 Å². The van der Waals surface area contributed by atoms with Crippen LogP contribution in [0.15, 0.2) is 47.6 Å². The molecule has 3 rings (SSSR count). The number of carbonyl (C=O) groups excluding carboxylic acids is 1. The van der Waals surface area contributed by atoms with Crippen LogP contribution in [0.3, 0.4) is 0 Å². The number of amides is 1. The molecule has 7 heteroatoms. The molecule has 0 bridgehead atoms. The lowest BCUT2D eigenvalue weighted by Gasteiger charge is -2.34. The Kier molecular flexibility index (Phi) is 5.07. The minimum atomic E-state index is -0.264. The molecule has 1 aliphatic heterocycles. The van der Waals surface area contributed by atoms with Gasteiger partial charge in [0.05, 0.1) is 5.75 Å². The summed E-state index contributed by atoms with van der Waals surface area (Å²) in [6.45, 7) is 2.80. The quantitative estimate of drug-likeness (QED) is 0.802. The Labute approximate surface area is 138 Å². The lowest BCUT2D eigenvalue weighted by atomic mass is 10.3. The molecule has 1 amide bonds. The Bertz CT molecular complexity index is 645. The number of thioether (sulfide) groups is 1. The van der Waals surface area contributed by atoms with Crippen LogP contribution in [0, 0.1) is 5.82 Å². The van der Waals surface area contributed by atoms with Crippen molar-refractivity contribution in [2.45, 2.75) is 4.90 Å². The van der Waals surface area contributed by atoms with Crippen molar-refractivity contribution < 1.29 is 9.18 Å². The van der Waals surface area contributed by atoms with Crippen LogP contribution in [0.2, 0.25) is 0 Å². The Morgan fingerprint density at radius 2 is 1.74 bits per heavy atom. The van der Waals surface area contributed by atoms with E-state index >= 15 is 0 Å². The lowest BCUT2D eigenvalue weighted by Crippen LogP contribution is -2.49. The van der Waals surface area contributed by atoms with E-state index in [2.05, 4.69) is 14.9 Å². The van der Waals surface area contributed by atoms with E-state index in [4.69, 9.17) is 0 Å². The van der Waals surface area contributed by atoms with Gasteiger partial charge in [-0.15, -0.1) is 11.8 Å². The molecule has 2 heterocycles. The Morgan fingerprint density at radius 1 is 1.09 bits per heavy atom. The standard InChI is InChI=1S/C16H17FN4OS/c17-13-2-4-14(5-3-13)23-12-15(22)20-8-10-21(11-9-20)16-18-6-1-7-19-16/h1-7H,8-12H2. The topological polar surface area (TPSA) is 49.3 Å². The van der Waals surface area contributed by atoms with E-state index in [9.17, 15) is 9.18 Å². The zero-order valence-corrected chi connectivity index (χ0v) is 13.4. The molecule has 0 radical (unpaired) electrons. The molecule has 1 aromatic heterocycles. The average molecular weight is 332 g/mol. The van der Waals surface area contributed by atoms with E-state index in [1.54, 1.807) is 30.6 Å². The Balaban J connectivity index is 1.47. The number of benzene rings is 1. The number of anilines is 1. The minimum Gasteiger partial charge on any atom is -0.338 e. The van der Waals surface area contributed by atoms with Crippen LogP contribution in [0.25, 0.3) is 0 Å². The second kappa shape index (κ2) is 7.41.